The van der Waals surface area contributed by atoms with Gasteiger partial charge in [-0.1, -0.05) is 20.3 Å². The number of unbranched alkanes of at least 4 members (excludes halogenated alkanes) is 1. The molecule has 0 saturated carbocycles. The van der Waals surface area contributed by atoms with E-state index < -0.39 is 11.9 Å². The molecule has 2 aromatic carbocycles. The van der Waals surface area contributed by atoms with Crippen LogP contribution >= 0.6 is 0 Å². The van der Waals surface area contributed by atoms with Gasteiger partial charge in [-0.25, -0.2) is 0 Å². The second-order valence-electron chi connectivity index (χ2n) is 11.1. The van der Waals surface area contributed by atoms with E-state index in [1.807, 2.05) is 44.3 Å². The van der Waals surface area contributed by atoms with E-state index in [4.69, 9.17) is 15.9 Å². The lowest BCUT2D eigenvalue weighted by atomic mass is 9.99. The first-order chi connectivity index (χ1) is 19.8. The first-order valence-corrected chi connectivity index (χ1v) is 14.4. The fourth-order valence-electron chi connectivity index (χ4n) is 5.64. The summed E-state index contributed by atoms with van der Waals surface area (Å²) < 4.78 is 7.20. The largest absolute Gasteiger partial charge is 0.451 e. The molecule has 1 amide bonds. The van der Waals surface area contributed by atoms with Gasteiger partial charge in [-0.05, 0) is 79.8 Å². The molecule has 1 saturated heterocycles. The number of nitrogens with two attached hydrogens (primary N) is 2. The summed E-state index contributed by atoms with van der Waals surface area (Å²) in [6, 6.07) is 14.8. The number of nitriles is 1. The maximum absolute atomic E-state index is 13.2. The number of hydrogen-bond acceptors (Lipinski definition) is 7. The van der Waals surface area contributed by atoms with Crippen LogP contribution in [-0.2, 0) is 6.42 Å². The predicted molar refractivity (Wildman–Crippen MR) is 161 cm³/mol. The minimum absolute atomic E-state index is 0.0884. The van der Waals surface area contributed by atoms with Gasteiger partial charge in [0.25, 0.3) is 5.91 Å². The zero-order chi connectivity index (χ0) is 29.1. The van der Waals surface area contributed by atoms with Crippen molar-refractivity contribution in [2.45, 2.75) is 45.6 Å². The number of carbonyl (C=O) groups excluding carboxylic acids is 2. The highest BCUT2D eigenvalue weighted by Crippen LogP contribution is 2.27. The Hall–Kier alpha value is -4.13. The van der Waals surface area contributed by atoms with Crippen LogP contribution in [0.15, 0.2) is 53.1 Å². The number of furan rings is 1. The molecule has 41 heavy (non-hydrogen) atoms. The molecule has 9 nitrogen and oxygen atoms in total. The van der Waals surface area contributed by atoms with Crippen molar-refractivity contribution >= 4 is 39.4 Å². The number of aromatic nitrogens is 1. The molecule has 1 fully saturated rings. The van der Waals surface area contributed by atoms with E-state index in [1.54, 1.807) is 16.7 Å². The maximum Gasteiger partial charge on any atom is 0.284 e. The van der Waals surface area contributed by atoms with E-state index >= 15 is 0 Å². The van der Waals surface area contributed by atoms with Gasteiger partial charge in [-0.2, -0.15) is 5.26 Å². The quantitative estimate of drug-likeness (QED) is 0.275. The number of hydrogen-bond donors (Lipinski definition) is 2. The Morgan fingerprint density at radius 1 is 1.07 bits per heavy atom. The van der Waals surface area contributed by atoms with Crippen LogP contribution in [-0.4, -0.2) is 60.0 Å². The number of amides is 1. The van der Waals surface area contributed by atoms with Gasteiger partial charge in [-0.15, -0.1) is 0 Å². The Morgan fingerprint density at radius 3 is 2.56 bits per heavy atom. The first kappa shape index (κ1) is 28.4. The standard InChI is InChI=1S/C32H38N6O3/c1-3-21(2)30(34)32(40)38-20-23(26-16-22(19-33)7-9-27(26)38)6-4-5-11-36-12-14-37(15-13-36)25-8-10-28-24(17-25)18-29(41-28)31(35)39/h7-10,16-18,20-21,30H,3-6,11-15,34H2,1-2H3,(H2,35,39). The topological polar surface area (TPSA) is 135 Å². The van der Waals surface area contributed by atoms with E-state index in [9.17, 15) is 14.9 Å². The molecular weight excluding hydrogens is 516 g/mol. The number of carbonyl (C=O) groups is 2. The zero-order valence-corrected chi connectivity index (χ0v) is 23.8. The molecule has 3 heterocycles. The fraction of sp³-hybridized carbons (Fsp3) is 0.406. The maximum atomic E-state index is 13.2. The van der Waals surface area contributed by atoms with Crippen molar-refractivity contribution in [2.24, 2.45) is 17.4 Å². The molecule has 4 aromatic rings. The SMILES string of the molecule is CCC(C)C(N)C(=O)n1cc(CCCCN2CCN(c3ccc4oc(C(N)=O)cc4c3)CC2)c2cc(C#N)ccc21. The summed E-state index contributed by atoms with van der Waals surface area (Å²) in [7, 11) is 0. The highest BCUT2D eigenvalue weighted by atomic mass is 16.3. The summed E-state index contributed by atoms with van der Waals surface area (Å²) in [5, 5.41) is 11.3. The molecule has 2 unspecified atom stereocenters. The molecule has 9 heteroatoms. The van der Waals surface area contributed by atoms with E-state index in [-0.39, 0.29) is 17.6 Å². The van der Waals surface area contributed by atoms with Crippen LogP contribution in [0.25, 0.3) is 21.9 Å². The van der Waals surface area contributed by atoms with Gasteiger partial charge in [0.05, 0.1) is 23.2 Å². The molecule has 1 aliphatic rings. The number of anilines is 1. The van der Waals surface area contributed by atoms with Gasteiger partial charge in [-0.3, -0.25) is 19.1 Å². The summed E-state index contributed by atoms with van der Waals surface area (Å²) in [6.07, 6.45) is 5.63. The monoisotopic (exact) mass is 554 g/mol. The van der Waals surface area contributed by atoms with E-state index in [0.29, 0.717) is 11.1 Å². The van der Waals surface area contributed by atoms with Gasteiger partial charge in [0, 0.05) is 48.8 Å². The number of benzene rings is 2. The Bertz CT molecular complexity index is 1600. The molecule has 4 N–H and O–H groups in total. The molecule has 0 bridgehead atoms. The number of piperazine rings is 1. The summed E-state index contributed by atoms with van der Waals surface area (Å²) in [6.45, 7) is 8.85. The molecule has 214 valence electrons. The van der Waals surface area contributed by atoms with Crippen LogP contribution in [0.3, 0.4) is 0 Å². The molecule has 2 aromatic heterocycles. The molecule has 0 spiro atoms. The van der Waals surface area contributed by atoms with Crippen molar-refractivity contribution in [3.63, 3.8) is 0 Å². The van der Waals surface area contributed by atoms with Gasteiger partial charge >= 0.3 is 0 Å². The molecule has 2 atom stereocenters. The van der Waals surface area contributed by atoms with Crippen LogP contribution in [0.5, 0.6) is 0 Å². The second-order valence-corrected chi connectivity index (χ2v) is 11.1. The summed E-state index contributed by atoms with van der Waals surface area (Å²) in [4.78, 5) is 29.5. The number of fused-ring (bicyclic) bond motifs is 2. The average Bonchev–Trinajstić information content (AvgIpc) is 3.59. The number of rotatable bonds is 10. The number of nitrogens with zero attached hydrogens (tertiary/aromatic N) is 4. The van der Waals surface area contributed by atoms with Crippen LogP contribution in [0.2, 0.25) is 0 Å². The summed E-state index contributed by atoms with van der Waals surface area (Å²) >= 11 is 0. The number of aryl methyl sites for hydroxylation is 1. The van der Waals surface area contributed by atoms with E-state index in [2.05, 4.69) is 21.9 Å². The van der Waals surface area contributed by atoms with Gasteiger partial charge in [0.2, 0.25) is 5.91 Å². The Balaban J connectivity index is 1.17. The average molecular weight is 555 g/mol. The first-order valence-electron chi connectivity index (χ1n) is 14.4. The Kier molecular flexibility index (Phi) is 8.43. The van der Waals surface area contributed by atoms with Crippen molar-refractivity contribution < 1.29 is 14.0 Å². The van der Waals surface area contributed by atoms with Crippen LogP contribution in [0, 0.1) is 17.2 Å². The normalized spacial score (nSPS) is 15.7. The van der Waals surface area contributed by atoms with E-state index in [1.165, 1.54) is 0 Å². The molecular formula is C32H38N6O3. The van der Waals surface area contributed by atoms with Crippen LogP contribution < -0.4 is 16.4 Å². The number of primary amides is 1. The van der Waals surface area contributed by atoms with Gasteiger partial charge in [0.1, 0.15) is 5.58 Å². The molecule has 0 aliphatic carbocycles. The van der Waals surface area contributed by atoms with E-state index in [0.717, 1.165) is 85.9 Å². The fourth-order valence-corrected chi connectivity index (χ4v) is 5.64. The lowest BCUT2D eigenvalue weighted by Gasteiger charge is -2.36. The highest BCUT2D eigenvalue weighted by Gasteiger charge is 2.24. The lowest BCUT2D eigenvalue weighted by Crippen LogP contribution is -2.46. The third kappa shape index (κ3) is 5.99. The third-order valence-corrected chi connectivity index (χ3v) is 8.45. The predicted octanol–water partition coefficient (Wildman–Crippen LogP) is 4.52. The van der Waals surface area contributed by atoms with Gasteiger partial charge in [0.15, 0.2) is 5.76 Å². The lowest BCUT2D eigenvalue weighted by molar-refractivity contribution is 0.0856. The Labute approximate surface area is 240 Å². The molecule has 0 radical (unpaired) electrons. The third-order valence-electron chi connectivity index (χ3n) is 8.45. The summed E-state index contributed by atoms with van der Waals surface area (Å²) in [5.41, 5.74) is 15.9. The smallest absolute Gasteiger partial charge is 0.284 e. The zero-order valence-electron chi connectivity index (χ0n) is 23.8. The Morgan fingerprint density at radius 2 is 1.85 bits per heavy atom. The molecule has 5 rings (SSSR count). The minimum atomic E-state index is -0.563. The van der Waals surface area contributed by atoms with Crippen LogP contribution in [0.4, 0.5) is 5.69 Å². The van der Waals surface area contributed by atoms with Crippen LogP contribution in [0.1, 0.15) is 59.6 Å². The van der Waals surface area contributed by atoms with Crippen molar-refractivity contribution in [1.82, 2.24) is 9.47 Å². The molecule has 1 aliphatic heterocycles. The van der Waals surface area contributed by atoms with Crippen molar-refractivity contribution in [3.05, 3.63) is 65.5 Å². The van der Waals surface area contributed by atoms with Crippen molar-refractivity contribution in [3.8, 4) is 6.07 Å². The highest BCUT2D eigenvalue weighted by molar-refractivity contribution is 5.97. The summed E-state index contributed by atoms with van der Waals surface area (Å²) in [5.74, 6) is -0.393. The van der Waals surface area contributed by atoms with Gasteiger partial charge < -0.3 is 20.8 Å². The van der Waals surface area contributed by atoms with Crippen molar-refractivity contribution in [1.29, 1.82) is 5.26 Å². The minimum Gasteiger partial charge on any atom is -0.451 e. The van der Waals surface area contributed by atoms with Crippen molar-refractivity contribution in [2.75, 3.05) is 37.6 Å². The second kappa shape index (κ2) is 12.2.